The second kappa shape index (κ2) is 8.39. The Morgan fingerprint density at radius 2 is 1.84 bits per heavy atom. The quantitative estimate of drug-likeness (QED) is 0.703. The third-order valence-electron chi connectivity index (χ3n) is 4.18. The largest absolute Gasteiger partial charge is 0.490 e. The molecular formula is C20H22BrNO3. The molecule has 4 nitrogen and oxygen atoms in total. The van der Waals surface area contributed by atoms with Crippen LogP contribution in [0.15, 0.2) is 46.9 Å². The number of ether oxygens (including phenoxy) is 2. The molecule has 1 amide bonds. The van der Waals surface area contributed by atoms with E-state index in [-0.39, 0.29) is 5.91 Å². The van der Waals surface area contributed by atoms with Crippen LogP contribution >= 0.6 is 15.9 Å². The molecule has 1 saturated heterocycles. The van der Waals surface area contributed by atoms with Gasteiger partial charge < -0.3 is 14.4 Å². The fourth-order valence-corrected chi connectivity index (χ4v) is 3.48. The minimum Gasteiger partial charge on any atom is -0.490 e. The highest BCUT2D eigenvalue weighted by Gasteiger charge is 2.22. The number of halogens is 1. The molecule has 0 unspecified atom stereocenters. The van der Waals surface area contributed by atoms with E-state index in [9.17, 15) is 4.79 Å². The Kier molecular flexibility index (Phi) is 5.97. The van der Waals surface area contributed by atoms with Crippen molar-refractivity contribution in [1.82, 2.24) is 4.90 Å². The predicted octanol–water partition coefficient (Wildman–Crippen LogP) is 4.66. The van der Waals surface area contributed by atoms with Gasteiger partial charge in [-0.25, -0.2) is 0 Å². The summed E-state index contributed by atoms with van der Waals surface area (Å²) in [6.45, 7) is 4.53. The van der Waals surface area contributed by atoms with Crippen molar-refractivity contribution >= 4 is 21.8 Å². The van der Waals surface area contributed by atoms with Crippen LogP contribution in [-0.4, -0.2) is 30.5 Å². The third kappa shape index (κ3) is 4.34. The summed E-state index contributed by atoms with van der Waals surface area (Å²) in [4.78, 5) is 14.5. The van der Waals surface area contributed by atoms with E-state index in [0.29, 0.717) is 30.3 Å². The van der Waals surface area contributed by atoms with Crippen molar-refractivity contribution in [1.29, 1.82) is 0 Å². The van der Waals surface area contributed by atoms with Crippen molar-refractivity contribution < 1.29 is 14.3 Å². The van der Waals surface area contributed by atoms with Crippen LogP contribution < -0.4 is 9.47 Å². The lowest BCUT2D eigenvalue weighted by Gasteiger charge is -2.18. The van der Waals surface area contributed by atoms with E-state index in [1.807, 2.05) is 48.2 Å². The molecule has 1 heterocycles. The molecule has 0 radical (unpaired) electrons. The van der Waals surface area contributed by atoms with Gasteiger partial charge in [0, 0.05) is 18.7 Å². The standard InChI is InChI=1S/C20H22BrNO3/c1-2-24-18-13-16(20(23)22-10-6-7-11-22)12-17(21)19(18)25-14-15-8-4-3-5-9-15/h3-5,8-9,12-13H,2,6-7,10-11,14H2,1H3. The minimum atomic E-state index is 0.0498. The first-order valence-electron chi connectivity index (χ1n) is 8.61. The SMILES string of the molecule is CCOc1cc(C(=O)N2CCCC2)cc(Br)c1OCc1ccccc1. The monoisotopic (exact) mass is 403 g/mol. The normalized spacial score (nSPS) is 13.8. The van der Waals surface area contributed by atoms with E-state index in [2.05, 4.69) is 15.9 Å². The maximum atomic E-state index is 12.7. The zero-order chi connectivity index (χ0) is 17.6. The minimum absolute atomic E-state index is 0.0498. The lowest BCUT2D eigenvalue weighted by molar-refractivity contribution is 0.0792. The Bertz CT molecular complexity index is 727. The average Bonchev–Trinajstić information content (AvgIpc) is 3.16. The van der Waals surface area contributed by atoms with Crippen molar-refractivity contribution in [3.63, 3.8) is 0 Å². The highest BCUT2D eigenvalue weighted by atomic mass is 79.9. The van der Waals surface area contributed by atoms with Crippen molar-refractivity contribution in [3.05, 3.63) is 58.1 Å². The summed E-state index contributed by atoms with van der Waals surface area (Å²) in [6, 6.07) is 13.6. The topological polar surface area (TPSA) is 38.8 Å². The molecule has 0 spiro atoms. The van der Waals surface area contributed by atoms with Crippen molar-refractivity contribution in [3.8, 4) is 11.5 Å². The van der Waals surface area contributed by atoms with Gasteiger partial charge in [-0.3, -0.25) is 4.79 Å². The van der Waals surface area contributed by atoms with Crippen molar-refractivity contribution in [2.24, 2.45) is 0 Å². The second-order valence-corrected chi connectivity index (χ2v) is 6.85. The molecule has 0 saturated carbocycles. The van der Waals surface area contributed by atoms with E-state index in [4.69, 9.17) is 9.47 Å². The zero-order valence-electron chi connectivity index (χ0n) is 14.3. The van der Waals surface area contributed by atoms with E-state index >= 15 is 0 Å². The van der Waals surface area contributed by atoms with Crippen molar-refractivity contribution in [2.75, 3.05) is 19.7 Å². The smallest absolute Gasteiger partial charge is 0.254 e. The van der Waals surface area contributed by atoms with E-state index < -0.39 is 0 Å². The van der Waals surface area contributed by atoms with Gasteiger partial charge in [0.15, 0.2) is 11.5 Å². The van der Waals surface area contributed by atoms with Gasteiger partial charge in [-0.15, -0.1) is 0 Å². The van der Waals surface area contributed by atoms with Gasteiger partial charge >= 0.3 is 0 Å². The van der Waals surface area contributed by atoms with Crippen LogP contribution in [0.1, 0.15) is 35.7 Å². The van der Waals surface area contributed by atoms with Gasteiger partial charge in [0.2, 0.25) is 0 Å². The number of benzene rings is 2. The average molecular weight is 404 g/mol. The van der Waals surface area contributed by atoms with E-state index in [1.165, 1.54) is 0 Å². The fraction of sp³-hybridized carbons (Fsp3) is 0.350. The van der Waals surface area contributed by atoms with Gasteiger partial charge in [-0.05, 0) is 53.4 Å². The number of carbonyl (C=O) groups is 1. The van der Waals surface area contributed by atoms with Crippen LogP contribution in [0.3, 0.4) is 0 Å². The molecule has 132 valence electrons. The third-order valence-corrected chi connectivity index (χ3v) is 4.76. The molecule has 0 bridgehead atoms. The second-order valence-electron chi connectivity index (χ2n) is 5.99. The molecule has 2 aromatic carbocycles. The Labute approximate surface area is 156 Å². The van der Waals surface area contributed by atoms with Crippen LogP contribution in [0, 0.1) is 0 Å². The molecule has 2 aromatic rings. The Balaban J connectivity index is 1.83. The summed E-state index contributed by atoms with van der Waals surface area (Å²) < 4.78 is 12.4. The molecule has 1 aliphatic heterocycles. The molecule has 25 heavy (non-hydrogen) atoms. The highest BCUT2D eigenvalue weighted by Crippen LogP contribution is 2.38. The van der Waals surface area contributed by atoms with E-state index in [1.54, 1.807) is 6.07 Å². The lowest BCUT2D eigenvalue weighted by Crippen LogP contribution is -2.27. The first kappa shape index (κ1) is 17.8. The maximum Gasteiger partial charge on any atom is 0.254 e. The summed E-state index contributed by atoms with van der Waals surface area (Å²) in [7, 11) is 0. The maximum absolute atomic E-state index is 12.7. The first-order chi connectivity index (χ1) is 12.2. The molecule has 3 rings (SSSR count). The zero-order valence-corrected chi connectivity index (χ0v) is 15.9. The highest BCUT2D eigenvalue weighted by molar-refractivity contribution is 9.10. The lowest BCUT2D eigenvalue weighted by atomic mass is 10.1. The van der Waals surface area contributed by atoms with Gasteiger partial charge in [-0.1, -0.05) is 30.3 Å². The number of hydrogen-bond donors (Lipinski definition) is 0. The van der Waals surface area contributed by atoms with Crippen LogP contribution in [0.2, 0.25) is 0 Å². The van der Waals surface area contributed by atoms with Gasteiger partial charge in [0.05, 0.1) is 11.1 Å². The first-order valence-corrected chi connectivity index (χ1v) is 9.40. The van der Waals surface area contributed by atoms with Crippen LogP contribution in [0.5, 0.6) is 11.5 Å². The Morgan fingerprint density at radius 3 is 2.52 bits per heavy atom. The number of amides is 1. The summed E-state index contributed by atoms with van der Waals surface area (Å²) in [5, 5.41) is 0. The number of nitrogens with zero attached hydrogens (tertiary/aromatic N) is 1. The predicted molar refractivity (Wildman–Crippen MR) is 101 cm³/mol. The molecule has 0 N–H and O–H groups in total. The summed E-state index contributed by atoms with van der Waals surface area (Å²) >= 11 is 3.54. The molecule has 5 heteroatoms. The van der Waals surface area contributed by atoms with Gasteiger partial charge in [0.25, 0.3) is 5.91 Å². The van der Waals surface area contributed by atoms with Crippen molar-refractivity contribution in [2.45, 2.75) is 26.4 Å². The van der Waals surface area contributed by atoms with E-state index in [0.717, 1.165) is 36.0 Å². The number of rotatable bonds is 6. The van der Waals surface area contributed by atoms with Gasteiger partial charge in [-0.2, -0.15) is 0 Å². The summed E-state index contributed by atoms with van der Waals surface area (Å²) in [5.41, 5.74) is 1.71. The van der Waals surface area contributed by atoms with Gasteiger partial charge in [0.1, 0.15) is 6.61 Å². The number of likely N-dealkylation sites (tertiary alicyclic amines) is 1. The Morgan fingerprint density at radius 1 is 1.12 bits per heavy atom. The summed E-state index contributed by atoms with van der Waals surface area (Å²) in [6.07, 6.45) is 2.15. The number of carbonyl (C=O) groups excluding carboxylic acids is 1. The van der Waals surface area contributed by atoms with Crippen LogP contribution in [0.4, 0.5) is 0 Å². The Hall–Kier alpha value is -2.01. The summed E-state index contributed by atoms with van der Waals surface area (Å²) in [5.74, 6) is 1.27. The molecular weight excluding hydrogens is 382 g/mol. The molecule has 0 aliphatic carbocycles. The molecule has 1 fully saturated rings. The van der Waals surface area contributed by atoms with Crippen LogP contribution in [-0.2, 0) is 6.61 Å². The fourth-order valence-electron chi connectivity index (χ4n) is 2.93. The molecule has 0 aromatic heterocycles. The molecule has 1 aliphatic rings. The molecule has 0 atom stereocenters. The number of hydrogen-bond acceptors (Lipinski definition) is 3. The van der Waals surface area contributed by atoms with Crippen LogP contribution in [0.25, 0.3) is 0 Å².